The first-order valence-electron chi connectivity index (χ1n) is 7.03. The van der Waals surface area contributed by atoms with E-state index in [9.17, 15) is 0 Å². The average molecular weight is 285 g/mol. The van der Waals surface area contributed by atoms with Gasteiger partial charge in [-0.3, -0.25) is 0 Å². The lowest BCUT2D eigenvalue weighted by atomic mass is 10.1. The Kier molecular flexibility index (Phi) is 4.16. The molecule has 0 saturated carbocycles. The van der Waals surface area contributed by atoms with Crippen LogP contribution < -0.4 is 10.1 Å². The van der Waals surface area contributed by atoms with Crippen molar-refractivity contribution in [1.82, 2.24) is 0 Å². The van der Waals surface area contributed by atoms with Gasteiger partial charge in [0.2, 0.25) is 0 Å². The van der Waals surface area contributed by atoms with Crippen LogP contribution in [-0.4, -0.2) is 17.0 Å². The van der Waals surface area contributed by atoms with Crippen LogP contribution in [0.2, 0.25) is 0 Å². The molecule has 0 aliphatic carbocycles. The number of hydrogen-bond donors (Lipinski definition) is 1. The molecule has 20 heavy (non-hydrogen) atoms. The summed E-state index contributed by atoms with van der Waals surface area (Å²) in [7, 11) is 0. The Morgan fingerprint density at radius 1 is 1.05 bits per heavy atom. The smallest absolute Gasteiger partial charge is 0.150 e. The molecule has 1 N–H and O–H groups in total. The van der Waals surface area contributed by atoms with E-state index in [4.69, 9.17) is 4.74 Å². The molecule has 3 heteroatoms. The minimum absolute atomic E-state index is 0.528. The van der Waals surface area contributed by atoms with Crippen molar-refractivity contribution >= 4 is 17.4 Å². The molecule has 2 aromatic carbocycles. The maximum Gasteiger partial charge on any atom is 0.150 e. The SMILES string of the molecule is CC1SCCC1Nc1ccccc1Oc1ccccc1. The fourth-order valence-corrected chi connectivity index (χ4v) is 3.61. The number of benzene rings is 2. The Labute approximate surface area is 124 Å². The molecule has 1 aliphatic heterocycles. The molecule has 0 aromatic heterocycles. The molecular weight excluding hydrogens is 266 g/mol. The minimum atomic E-state index is 0.528. The van der Waals surface area contributed by atoms with Crippen LogP contribution >= 0.6 is 11.8 Å². The van der Waals surface area contributed by atoms with Crippen LogP contribution in [0.1, 0.15) is 13.3 Å². The van der Waals surface area contributed by atoms with Gasteiger partial charge in [0, 0.05) is 11.3 Å². The first kappa shape index (κ1) is 13.4. The summed E-state index contributed by atoms with van der Waals surface area (Å²) >= 11 is 2.03. The summed E-state index contributed by atoms with van der Waals surface area (Å²) in [5.41, 5.74) is 1.08. The van der Waals surface area contributed by atoms with Crippen molar-refractivity contribution in [2.75, 3.05) is 11.1 Å². The molecular formula is C17H19NOS. The summed E-state index contributed by atoms with van der Waals surface area (Å²) < 4.78 is 5.99. The number of hydrogen-bond acceptors (Lipinski definition) is 3. The zero-order valence-electron chi connectivity index (χ0n) is 11.6. The van der Waals surface area contributed by atoms with E-state index in [1.807, 2.05) is 60.3 Å². The predicted molar refractivity (Wildman–Crippen MR) is 86.9 cm³/mol. The Morgan fingerprint density at radius 3 is 2.55 bits per heavy atom. The van der Waals surface area contributed by atoms with Crippen LogP contribution in [0.15, 0.2) is 54.6 Å². The minimum Gasteiger partial charge on any atom is -0.455 e. The summed E-state index contributed by atoms with van der Waals surface area (Å²) in [6.45, 7) is 2.29. The van der Waals surface area contributed by atoms with Gasteiger partial charge in [0.05, 0.1) is 5.69 Å². The molecule has 1 heterocycles. The molecule has 1 aliphatic rings. The van der Waals surface area contributed by atoms with E-state index in [0.29, 0.717) is 11.3 Å². The van der Waals surface area contributed by atoms with E-state index in [1.165, 1.54) is 12.2 Å². The second-order valence-electron chi connectivity index (χ2n) is 5.03. The zero-order chi connectivity index (χ0) is 13.8. The Bertz CT molecular complexity index is 558. The molecule has 0 bridgehead atoms. The molecule has 0 radical (unpaired) electrons. The summed E-state index contributed by atoms with van der Waals surface area (Å²) in [4.78, 5) is 0. The summed E-state index contributed by atoms with van der Waals surface area (Å²) in [6.07, 6.45) is 1.21. The fraction of sp³-hybridized carbons (Fsp3) is 0.294. The van der Waals surface area contributed by atoms with Crippen LogP contribution in [0.3, 0.4) is 0 Å². The second kappa shape index (κ2) is 6.23. The lowest BCUT2D eigenvalue weighted by Crippen LogP contribution is -2.24. The van der Waals surface area contributed by atoms with E-state index in [1.54, 1.807) is 0 Å². The molecule has 2 atom stereocenters. The third-order valence-electron chi connectivity index (χ3n) is 3.58. The highest BCUT2D eigenvalue weighted by molar-refractivity contribution is 8.00. The van der Waals surface area contributed by atoms with Gasteiger partial charge in [-0.2, -0.15) is 11.8 Å². The molecule has 1 saturated heterocycles. The Balaban J connectivity index is 1.77. The Hall–Kier alpha value is -1.61. The number of ether oxygens (including phenoxy) is 1. The van der Waals surface area contributed by atoms with Crippen LogP contribution in [0.5, 0.6) is 11.5 Å². The molecule has 2 nitrogen and oxygen atoms in total. The Morgan fingerprint density at radius 2 is 1.80 bits per heavy atom. The number of para-hydroxylation sites is 3. The summed E-state index contributed by atoms with van der Waals surface area (Å²) in [5, 5.41) is 4.29. The van der Waals surface area contributed by atoms with Gasteiger partial charge >= 0.3 is 0 Å². The van der Waals surface area contributed by atoms with Crippen LogP contribution in [0.25, 0.3) is 0 Å². The number of nitrogens with one attached hydrogen (secondary N) is 1. The maximum absolute atomic E-state index is 5.99. The molecule has 1 fully saturated rings. The largest absolute Gasteiger partial charge is 0.455 e. The normalized spacial score (nSPS) is 21.6. The van der Waals surface area contributed by atoms with Crippen molar-refractivity contribution in [3.8, 4) is 11.5 Å². The first-order chi connectivity index (χ1) is 9.83. The number of thioether (sulfide) groups is 1. The first-order valence-corrected chi connectivity index (χ1v) is 8.08. The lowest BCUT2D eigenvalue weighted by Gasteiger charge is -2.20. The lowest BCUT2D eigenvalue weighted by molar-refractivity contribution is 0.483. The second-order valence-corrected chi connectivity index (χ2v) is 6.51. The number of anilines is 1. The van der Waals surface area contributed by atoms with Gasteiger partial charge in [-0.05, 0) is 36.4 Å². The van der Waals surface area contributed by atoms with E-state index < -0.39 is 0 Å². The third-order valence-corrected chi connectivity index (χ3v) is 4.90. The van der Waals surface area contributed by atoms with Crippen molar-refractivity contribution in [3.05, 3.63) is 54.6 Å². The van der Waals surface area contributed by atoms with E-state index in [-0.39, 0.29) is 0 Å². The van der Waals surface area contributed by atoms with Crippen LogP contribution in [-0.2, 0) is 0 Å². The van der Waals surface area contributed by atoms with Gasteiger partial charge in [-0.25, -0.2) is 0 Å². The van der Waals surface area contributed by atoms with Crippen molar-refractivity contribution in [2.45, 2.75) is 24.6 Å². The molecule has 3 rings (SSSR count). The highest BCUT2D eigenvalue weighted by Crippen LogP contribution is 2.34. The molecule has 104 valence electrons. The van der Waals surface area contributed by atoms with Crippen molar-refractivity contribution in [1.29, 1.82) is 0 Å². The topological polar surface area (TPSA) is 21.3 Å². The highest BCUT2D eigenvalue weighted by atomic mass is 32.2. The van der Waals surface area contributed by atoms with Gasteiger partial charge in [0.25, 0.3) is 0 Å². The van der Waals surface area contributed by atoms with Gasteiger partial charge in [-0.15, -0.1) is 0 Å². The van der Waals surface area contributed by atoms with Gasteiger partial charge < -0.3 is 10.1 Å². The molecule has 2 unspecified atom stereocenters. The quantitative estimate of drug-likeness (QED) is 0.873. The zero-order valence-corrected chi connectivity index (χ0v) is 12.4. The standard InChI is InChI=1S/C17H19NOS/c1-13-15(11-12-20-13)18-16-9-5-6-10-17(16)19-14-7-3-2-4-8-14/h2-10,13,15,18H,11-12H2,1H3. The monoisotopic (exact) mass is 285 g/mol. The van der Waals surface area contributed by atoms with Crippen LogP contribution in [0, 0.1) is 0 Å². The van der Waals surface area contributed by atoms with Crippen LogP contribution in [0.4, 0.5) is 5.69 Å². The summed E-state index contributed by atoms with van der Waals surface area (Å²) in [6, 6.07) is 18.6. The van der Waals surface area contributed by atoms with E-state index in [0.717, 1.165) is 17.2 Å². The van der Waals surface area contributed by atoms with E-state index >= 15 is 0 Å². The number of rotatable bonds is 4. The maximum atomic E-state index is 5.99. The average Bonchev–Trinajstić information content (AvgIpc) is 2.88. The molecule has 0 amide bonds. The van der Waals surface area contributed by atoms with Gasteiger partial charge in [0.1, 0.15) is 5.75 Å². The molecule has 2 aromatic rings. The summed E-state index contributed by atoms with van der Waals surface area (Å²) in [5.74, 6) is 3.00. The third kappa shape index (κ3) is 3.10. The van der Waals surface area contributed by atoms with Gasteiger partial charge in [-0.1, -0.05) is 37.3 Å². The van der Waals surface area contributed by atoms with Gasteiger partial charge in [0.15, 0.2) is 5.75 Å². The van der Waals surface area contributed by atoms with Crippen molar-refractivity contribution in [2.24, 2.45) is 0 Å². The fourth-order valence-electron chi connectivity index (χ4n) is 2.41. The predicted octanol–water partition coefficient (Wildman–Crippen LogP) is 4.78. The van der Waals surface area contributed by atoms with E-state index in [2.05, 4.69) is 18.3 Å². The van der Waals surface area contributed by atoms with Crippen molar-refractivity contribution in [3.63, 3.8) is 0 Å². The molecule has 0 spiro atoms. The van der Waals surface area contributed by atoms with Crippen molar-refractivity contribution < 1.29 is 4.74 Å². The highest BCUT2D eigenvalue weighted by Gasteiger charge is 2.24.